The van der Waals surface area contributed by atoms with Crippen LogP contribution in [-0.2, 0) is 9.84 Å². The number of sulfone groups is 1. The molecule has 0 spiro atoms. The van der Waals surface area contributed by atoms with Crippen LogP contribution in [0.5, 0.6) is 0 Å². The Morgan fingerprint density at radius 2 is 2.06 bits per heavy atom. The molecule has 2 aromatic rings. The van der Waals surface area contributed by atoms with Crippen molar-refractivity contribution in [3.63, 3.8) is 0 Å². The molecule has 0 fully saturated rings. The molecular weight excluding hydrogens is 254 g/mol. The van der Waals surface area contributed by atoms with E-state index in [-0.39, 0.29) is 10.6 Å². The van der Waals surface area contributed by atoms with Crippen molar-refractivity contribution in [1.82, 2.24) is 9.55 Å². The van der Waals surface area contributed by atoms with Crippen molar-refractivity contribution in [3.05, 3.63) is 43.0 Å². The molecule has 0 aliphatic rings. The number of para-hydroxylation sites is 1. The van der Waals surface area contributed by atoms with Crippen LogP contribution >= 0.6 is 0 Å². The van der Waals surface area contributed by atoms with Gasteiger partial charge in [0.15, 0.2) is 9.84 Å². The van der Waals surface area contributed by atoms with Gasteiger partial charge in [-0.15, -0.1) is 0 Å². The average Bonchev–Trinajstić information content (AvgIpc) is 2.81. The Hall–Kier alpha value is -2.15. The number of nitrogens with zero attached hydrogens (tertiary/aromatic N) is 2. The minimum atomic E-state index is -3.39. The van der Waals surface area contributed by atoms with Gasteiger partial charge in [-0.25, -0.2) is 18.2 Å². The highest BCUT2D eigenvalue weighted by Crippen LogP contribution is 2.20. The van der Waals surface area contributed by atoms with E-state index in [2.05, 4.69) is 10.3 Å². The van der Waals surface area contributed by atoms with Crippen LogP contribution in [0.4, 0.5) is 10.5 Å². The maximum Gasteiger partial charge on any atom is 0.331 e. The number of carbonyl (C=O) groups excluding carboxylic acids is 1. The molecule has 1 aromatic carbocycles. The zero-order chi connectivity index (χ0) is 13.2. The predicted octanol–water partition coefficient (Wildman–Crippen LogP) is 1.37. The summed E-state index contributed by atoms with van der Waals surface area (Å²) in [5, 5.41) is 2.52. The number of imidazole rings is 1. The van der Waals surface area contributed by atoms with Gasteiger partial charge < -0.3 is 5.32 Å². The lowest BCUT2D eigenvalue weighted by Crippen LogP contribution is -2.19. The molecule has 1 aromatic heterocycles. The van der Waals surface area contributed by atoms with Crippen molar-refractivity contribution in [2.45, 2.75) is 4.90 Å². The van der Waals surface area contributed by atoms with E-state index < -0.39 is 15.9 Å². The van der Waals surface area contributed by atoms with Gasteiger partial charge in [-0.1, -0.05) is 12.1 Å². The molecule has 18 heavy (non-hydrogen) atoms. The normalized spacial score (nSPS) is 11.2. The number of nitrogens with one attached hydrogen (secondary N) is 1. The molecule has 2 rings (SSSR count). The van der Waals surface area contributed by atoms with Crippen LogP contribution in [0.25, 0.3) is 0 Å². The molecule has 0 aliphatic heterocycles. The van der Waals surface area contributed by atoms with Gasteiger partial charge in [0, 0.05) is 18.6 Å². The quantitative estimate of drug-likeness (QED) is 0.889. The molecule has 1 amide bonds. The van der Waals surface area contributed by atoms with Gasteiger partial charge in [-0.2, -0.15) is 0 Å². The lowest BCUT2D eigenvalue weighted by Gasteiger charge is -2.09. The predicted molar refractivity (Wildman–Crippen MR) is 66.2 cm³/mol. The second kappa shape index (κ2) is 4.61. The molecule has 0 aliphatic carbocycles. The second-order valence-electron chi connectivity index (χ2n) is 3.67. The third kappa shape index (κ3) is 2.57. The topological polar surface area (TPSA) is 81.1 Å². The maximum atomic E-state index is 11.8. The third-order valence-corrected chi connectivity index (χ3v) is 3.42. The third-order valence-electron chi connectivity index (χ3n) is 2.27. The van der Waals surface area contributed by atoms with Crippen molar-refractivity contribution in [3.8, 4) is 0 Å². The van der Waals surface area contributed by atoms with Crippen molar-refractivity contribution in [2.75, 3.05) is 11.6 Å². The lowest BCUT2D eigenvalue weighted by molar-refractivity contribution is 0.253. The second-order valence-corrected chi connectivity index (χ2v) is 5.65. The molecular formula is C11H11N3O3S. The van der Waals surface area contributed by atoms with Crippen molar-refractivity contribution in [1.29, 1.82) is 0 Å². The van der Waals surface area contributed by atoms with E-state index in [1.165, 1.54) is 35.4 Å². The van der Waals surface area contributed by atoms with E-state index in [4.69, 9.17) is 0 Å². The average molecular weight is 265 g/mol. The first-order valence-corrected chi connectivity index (χ1v) is 6.96. The Morgan fingerprint density at radius 3 is 2.67 bits per heavy atom. The van der Waals surface area contributed by atoms with Crippen LogP contribution in [-0.4, -0.2) is 30.3 Å². The summed E-state index contributed by atoms with van der Waals surface area (Å²) < 4.78 is 24.3. The molecule has 0 radical (unpaired) electrons. The number of benzene rings is 1. The number of aromatic nitrogens is 2. The van der Waals surface area contributed by atoms with Gasteiger partial charge >= 0.3 is 6.03 Å². The van der Waals surface area contributed by atoms with Crippen molar-refractivity contribution in [2.24, 2.45) is 0 Å². The fraction of sp³-hybridized carbons (Fsp3) is 0.0909. The number of hydrogen-bond acceptors (Lipinski definition) is 4. The summed E-state index contributed by atoms with van der Waals surface area (Å²) in [5.74, 6) is 0. The number of carbonyl (C=O) groups is 1. The fourth-order valence-electron chi connectivity index (χ4n) is 1.45. The molecule has 1 heterocycles. The summed E-state index contributed by atoms with van der Waals surface area (Å²) in [5.41, 5.74) is 0.249. The fourth-order valence-corrected chi connectivity index (χ4v) is 2.30. The standard InChI is InChI=1S/C11H11N3O3S/c1-18(16,17)10-5-3-2-4-9(10)13-11(15)14-7-6-12-8-14/h2-8H,1H3,(H,13,15). The molecule has 7 heteroatoms. The Kier molecular flexibility index (Phi) is 3.15. The number of anilines is 1. The summed E-state index contributed by atoms with van der Waals surface area (Å²) >= 11 is 0. The van der Waals surface area contributed by atoms with Crippen LogP contribution in [0.2, 0.25) is 0 Å². The number of amides is 1. The molecule has 0 saturated carbocycles. The van der Waals surface area contributed by atoms with E-state index >= 15 is 0 Å². The monoisotopic (exact) mass is 265 g/mol. The smallest absolute Gasteiger partial charge is 0.306 e. The minimum absolute atomic E-state index is 0.0819. The van der Waals surface area contributed by atoms with E-state index in [9.17, 15) is 13.2 Å². The first kappa shape index (κ1) is 12.3. The van der Waals surface area contributed by atoms with Gasteiger partial charge in [0.05, 0.1) is 10.6 Å². The first-order valence-electron chi connectivity index (χ1n) is 5.07. The first-order chi connectivity index (χ1) is 8.48. The van der Waals surface area contributed by atoms with E-state index in [0.717, 1.165) is 6.26 Å². The highest BCUT2D eigenvalue weighted by atomic mass is 32.2. The maximum absolute atomic E-state index is 11.8. The summed E-state index contributed by atoms with van der Waals surface area (Å²) in [6.45, 7) is 0. The summed E-state index contributed by atoms with van der Waals surface area (Å²) in [6.07, 6.45) is 5.36. The van der Waals surface area contributed by atoms with Gasteiger partial charge in [0.2, 0.25) is 0 Å². The van der Waals surface area contributed by atoms with Gasteiger partial charge in [-0.3, -0.25) is 4.57 Å². The Balaban J connectivity index is 2.33. The Bertz CT molecular complexity index is 663. The highest BCUT2D eigenvalue weighted by Gasteiger charge is 2.14. The molecule has 0 bridgehead atoms. The molecule has 0 unspecified atom stereocenters. The van der Waals surface area contributed by atoms with Crippen LogP contribution in [0.1, 0.15) is 0 Å². The number of hydrogen-bond donors (Lipinski definition) is 1. The summed E-state index contributed by atoms with van der Waals surface area (Å²) in [4.78, 5) is 15.6. The summed E-state index contributed by atoms with van der Waals surface area (Å²) in [6, 6.07) is 5.76. The molecule has 0 saturated heterocycles. The van der Waals surface area contributed by atoms with Gasteiger partial charge in [0.1, 0.15) is 6.33 Å². The molecule has 1 N–H and O–H groups in total. The molecule has 6 nitrogen and oxygen atoms in total. The van der Waals surface area contributed by atoms with E-state index in [1.807, 2.05) is 0 Å². The van der Waals surface area contributed by atoms with Gasteiger partial charge in [0.25, 0.3) is 0 Å². The minimum Gasteiger partial charge on any atom is -0.306 e. The van der Waals surface area contributed by atoms with Crippen molar-refractivity contribution < 1.29 is 13.2 Å². The Morgan fingerprint density at radius 1 is 1.33 bits per heavy atom. The van der Waals surface area contributed by atoms with Crippen LogP contribution < -0.4 is 5.32 Å². The zero-order valence-electron chi connectivity index (χ0n) is 9.57. The van der Waals surface area contributed by atoms with Crippen LogP contribution in [0.15, 0.2) is 47.9 Å². The van der Waals surface area contributed by atoms with E-state index in [0.29, 0.717) is 0 Å². The van der Waals surface area contributed by atoms with Gasteiger partial charge in [-0.05, 0) is 12.1 Å². The Labute approximate surface area is 104 Å². The van der Waals surface area contributed by atoms with Crippen LogP contribution in [0.3, 0.4) is 0 Å². The van der Waals surface area contributed by atoms with Crippen LogP contribution in [0, 0.1) is 0 Å². The van der Waals surface area contributed by atoms with Crippen molar-refractivity contribution >= 4 is 21.6 Å². The molecule has 0 atom stereocenters. The number of rotatable bonds is 2. The summed E-state index contributed by atoms with van der Waals surface area (Å²) in [7, 11) is -3.39. The SMILES string of the molecule is CS(=O)(=O)c1ccccc1NC(=O)n1ccnc1. The highest BCUT2D eigenvalue weighted by molar-refractivity contribution is 7.90. The molecule has 94 valence electrons. The zero-order valence-corrected chi connectivity index (χ0v) is 10.4. The lowest BCUT2D eigenvalue weighted by atomic mass is 10.3. The van der Waals surface area contributed by atoms with E-state index in [1.54, 1.807) is 12.1 Å². The largest absolute Gasteiger partial charge is 0.331 e.